The van der Waals surface area contributed by atoms with Crippen molar-refractivity contribution in [3.05, 3.63) is 52.3 Å². The molecular weight excluding hydrogens is 392 g/mol. The summed E-state index contributed by atoms with van der Waals surface area (Å²) in [4.78, 5) is 4.90. The lowest BCUT2D eigenvalue weighted by atomic mass is 9.83. The number of hydrogen-bond donors (Lipinski definition) is 0. The van der Waals surface area contributed by atoms with Crippen LogP contribution in [0.4, 0.5) is 0 Å². The maximum absolute atomic E-state index is 6.17. The summed E-state index contributed by atoms with van der Waals surface area (Å²) in [6.45, 7) is 0. The smallest absolute Gasteiger partial charge is 0.203 e. The average molecular weight is 411 g/mol. The molecule has 7 heteroatoms. The lowest BCUT2D eigenvalue weighted by Crippen LogP contribution is -2.14. The Morgan fingerprint density at radius 2 is 1.69 bits per heavy atom. The minimum absolute atomic E-state index is 0.168. The molecule has 0 amide bonds. The second-order valence-corrected chi connectivity index (χ2v) is 7.55. The number of rotatable bonds is 4. The fraction of sp³-hybridized carbons (Fsp3) is 0.273. The van der Waals surface area contributed by atoms with E-state index in [1.807, 2.05) is 30.3 Å². The molecule has 29 heavy (non-hydrogen) atoms. The second-order valence-electron chi connectivity index (χ2n) is 7.12. The van der Waals surface area contributed by atoms with Gasteiger partial charge in [-0.25, -0.2) is 0 Å². The zero-order chi connectivity index (χ0) is 20.1. The summed E-state index contributed by atoms with van der Waals surface area (Å²) in [5.41, 5.74) is 4.58. The van der Waals surface area contributed by atoms with Crippen LogP contribution >= 0.6 is 11.6 Å². The molecule has 2 aromatic carbocycles. The van der Waals surface area contributed by atoms with E-state index < -0.39 is 0 Å². The van der Waals surface area contributed by atoms with Crippen molar-refractivity contribution in [1.82, 2.24) is 10.1 Å². The molecule has 0 bridgehead atoms. The van der Waals surface area contributed by atoms with Gasteiger partial charge in [-0.2, -0.15) is 0 Å². The quantitative estimate of drug-likeness (QED) is 0.475. The monoisotopic (exact) mass is 410 g/mol. The largest absolute Gasteiger partial charge is 0.493 e. The molecule has 0 radical (unpaired) electrons. The molecule has 0 aliphatic heterocycles. The molecular formula is C22H19ClN2O4. The molecule has 0 fully saturated rings. The van der Waals surface area contributed by atoms with Crippen molar-refractivity contribution in [3.63, 3.8) is 0 Å². The van der Waals surface area contributed by atoms with Gasteiger partial charge in [0.1, 0.15) is 0 Å². The molecule has 1 atom stereocenters. The SMILES string of the molecule is COc1cc(C2Cc3noc4c3c(nc3ccc(Cl)cc34)C2)cc(OC)c1OC. The van der Waals surface area contributed by atoms with E-state index in [1.165, 1.54) is 0 Å². The van der Waals surface area contributed by atoms with Crippen molar-refractivity contribution >= 4 is 33.5 Å². The van der Waals surface area contributed by atoms with Gasteiger partial charge in [-0.05, 0) is 48.2 Å². The van der Waals surface area contributed by atoms with E-state index >= 15 is 0 Å². The minimum Gasteiger partial charge on any atom is -0.493 e. The highest BCUT2D eigenvalue weighted by molar-refractivity contribution is 6.31. The molecule has 148 valence electrons. The van der Waals surface area contributed by atoms with E-state index in [0.29, 0.717) is 22.3 Å². The van der Waals surface area contributed by atoms with Gasteiger partial charge in [0, 0.05) is 16.8 Å². The van der Waals surface area contributed by atoms with E-state index in [-0.39, 0.29) is 5.92 Å². The van der Waals surface area contributed by atoms with Crippen LogP contribution in [-0.2, 0) is 12.8 Å². The molecule has 0 spiro atoms. The Balaban J connectivity index is 1.63. The Morgan fingerprint density at radius 3 is 2.38 bits per heavy atom. The number of hydrogen-bond acceptors (Lipinski definition) is 6. The lowest BCUT2D eigenvalue weighted by Gasteiger charge is -2.23. The molecule has 2 heterocycles. The van der Waals surface area contributed by atoms with Gasteiger partial charge >= 0.3 is 0 Å². The Labute approximate surface area is 172 Å². The zero-order valence-electron chi connectivity index (χ0n) is 16.3. The van der Waals surface area contributed by atoms with Crippen molar-refractivity contribution in [2.24, 2.45) is 0 Å². The van der Waals surface area contributed by atoms with Crippen molar-refractivity contribution in [3.8, 4) is 17.2 Å². The normalized spacial score (nSPS) is 15.7. The number of methoxy groups -OCH3 is 3. The molecule has 0 N–H and O–H groups in total. The first-order valence-corrected chi connectivity index (χ1v) is 9.67. The van der Waals surface area contributed by atoms with E-state index in [1.54, 1.807) is 21.3 Å². The van der Waals surface area contributed by atoms with Crippen LogP contribution in [-0.4, -0.2) is 31.5 Å². The Morgan fingerprint density at radius 1 is 0.966 bits per heavy atom. The Bertz CT molecular complexity index is 1230. The lowest BCUT2D eigenvalue weighted by molar-refractivity contribution is 0.323. The number of pyridine rings is 1. The Kier molecular flexibility index (Phi) is 4.24. The molecule has 1 unspecified atom stereocenters. The van der Waals surface area contributed by atoms with Gasteiger partial charge in [0.15, 0.2) is 17.1 Å². The van der Waals surface area contributed by atoms with Gasteiger partial charge in [0.25, 0.3) is 0 Å². The molecule has 2 aromatic heterocycles. The standard InChI is InChI=1S/C22H19ClN2O4/c1-26-18-8-12(9-19(27-2)22(18)28-3)11-6-16-20-17(7-11)25-29-21(20)14-10-13(23)4-5-15(14)24-16/h4-5,8-11H,6-7H2,1-3H3. The molecule has 1 aliphatic carbocycles. The van der Waals surface area contributed by atoms with E-state index in [0.717, 1.165) is 51.7 Å². The number of benzene rings is 2. The van der Waals surface area contributed by atoms with Gasteiger partial charge < -0.3 is 18.7 Å². The maximum atomic E-state index is 6.17. The first-order chi connectivity index (χ1) is 14.1. The third-order valence-electron chi connectivity index (χ3n) is 5.55. The minimum atomic E-state index is 0.168. The van der Waals surface area contributed by atoms with Gasteiger partial charge in [0.2, 0.25) is 5.75 Å². The first kappa shape index (κ1) is 18.1. The highest BCUT2D eigenvalue weighted by Gasteiger charge is 2.29. The van der Waals surface area contributed by atoms with Gasteiger partial charge in [-0.1, -0.05) is 16.8 Å². The molecule has 0 saturated carbocycles. The maximum Gasteiger partial charge on any atom is 0.203 e. The number of ether oxygens (including phenoxy) is 3. The predicted octanol–water partition coefficient (Wildman–Crippen LogP) is 4.94. The topological polar surface area (TPSA) is 66.6 Å². The van der Waals surface area contributed by atoms with Crippen LogP contribution in [0.3, 0.4) is 0 Å². The fourth-order valence-corrected chi connectivity index (χ4v) is 4.36. The first-order valence-electron chi connectivity index (χ1n) is 9.29. The van der Waals surface area contributed by atoms with Crippen LogP contribution in [0.25, 0.3) is 21.9 Å². The van der Waals surface area contributed by atoms with Crippen LogP contribution in [0, 0.1) is 0 Å². The number of fused-ring (bicyclic) bond motifs is 2. The summed E-state index contributed by atoms with van der Waals surface area (Å²) in [5, 5.41) is 6.90. The van der Waals surface area contributed by atoms with E-state index in [2.05, 4.69) is 5.16 Å². The van der Waals surface area contributed by atoms with Crippen molar-refractivity contribution in [1.29, 1.82) is 0 Å². The summed E-state index contributed by atoms with van der Waals surface area (Å²) < 4.78 is 22.2. The molecule has 1 aliphatic rings. The van der Waals surface area contributed by atoms with Gasteiger partial charge in [0.05, 0.1) is 43.6 Å². The van der Waals surface area contributed by atoms with Gasteiger partial charge in [-0.3, -0.25) is 4.98 Å². The highest BCUT2D eigenvalue weighted by Crippen LogP contribution is 2.44. The summed E-state index contributed by atoms with van der Waals surface area (Å²) in [6, 6.07) is 9.62. The molecule has 5 rings (SSSR count). The van der Waals surface area contributed by atoms with Crippen LogP contribution in [0.15, 0.2) is 34.9 Å². The molecule has 6 nitrogen and oxygen atoms in total. The zero-order valence-corrected chi connectivity index (χ0v) is 17.0. The summed E-state index contributed by atoms with van der Waals surface area (Å²) in [7, 11) is 4.85. The number of halogens is 1. The summed E-state index contributed by atoms with van der Waals surface area (Å²) in [6.07, 6.45) is 1.51. The molecule has 0 saturated heterocycles. The third kappa shape index (κ3) is 2.78. The second kappa shape index (κ2) is 6.81. The summed E-state index contributed by atoms with van der Waals surface area (Å²) in [5.74, 6) is 2.03. The average Bonchev–Trinajstić information content (AvgIpc) is 3.18. The predicted molar refractivity (Wildman–Crippen MR) is 111 cm³/mol. The van der Waals surface area contributed by atoms with Crippen molar-refractivity contribution in [2.45, 2.75) is 18.8 Å². The fourth-order valence-electron chi connectivity index (χ4n) is 4.19. The highest BCUT2D eigenvalue weighted by atomic mass is 35.5. The van der Waals surface area contributed by atoms with Gasteiger partial charge in [-0.15, -0.1) is 0 Å². The van der Waals surface area contributed by atoms with E-state index in [4.69, 9.17) is 35.3 Å². The van der Waals surface area contributed by atoms with Crippen LogP contribution in [0.1, 0.15) is 22.9 Å². The van der Waals surface area contributed by atoms with Crippen LogP contribution < -0.4 is 14.2 Å². The third-order valence-corrected chi connectivity index (χ3v) is 5.78. The molecule has 4 aromatic rings. The van der Waals surface area contributed by atoms with Crippen LogP contribution in [0.5, 0.6) is 17.2 Å². The van der Waals surface area contributed by atoms with E-state index in [9.17, 15) is 0 Å². The Hall–Kier alpha value is -2.99. The number of aromatic nitrogens is 2. The van der Waals surface area contributed by atoms with Crippen LogP contribution in [0.2, 0.25) is 5.02 Å². The van der Waals surface area contributed by atoms with Crippen molar-refractivity contribution in [2.75, 3.05) is 21.3 Å². The van der Waals surface area contributed by atoms with Crippen molar-refractivity contribution < 1.29 is 18.7 Å². The summed E-state index contributed by atoms with van der Waals surface area (Å²) >= 11 is 6.17. The number of nitrogens with zero attached hydrogens (tertiary/aromatic N) is 2.